The Morgan fingerprint density at radius 3 is 2.94 bits per heavy atom. The number of rotatable bonds is 1. The SMILES string of the molecule is O=C(O)C1CCN2CCc3cccc(c32)C1. The van der Waals surface area contributed by atoms with Gasteiger partial charge in [-0.15, -0.1) is 0 Å². The minimum Gasteiger partial charge on any atom is -0.481 e. The number of aliphatic carboxylic acids is 1. The maximum Gasteiger partial charge on any atom is 0.306 e. The van der Waals surface area contributed by atoms with E-state index in [1.165, 1.54) is 16.8 Å². The van der Waals surface area contributed by atoms with Crippen molar-refractivity contribution in [1.29, 1.82) is 0 Å². The summed E-state index contributed by atoms with van der Waals surface area (Å²) < 4.78 is 0. The average molecular weight is 217 g/mol. The van der Waals surface area contributed by atoms with E-state index in [1.54, 1.807) is 0 Å². The van der Waals surface area contributed by atoms with E-state index in [4.69, 9.17) is 5.11 Å². The maximum absolute atomic E-state index is 11.1. The van der Waals surface area contributed by atoms with Crippen LogP contribution >= 0.6 is 0 Å². The van der Waals surface area contributed by atoms with Crippen LogP contribution in [0.3, 0.4) is 0 Å². The fourth-order valence-electron chi connectivity index (χ4n) is 2.90. The fraction of sp³-hybridized carbons (Fsp3) is 0.462. The molecular formula is C13H15NO2. The van der Waals surface area contributed by atoms with E-state index in [9.17, 15) is 4.79 Å². The lowest BCUT2D eigenvalue weighted by molar-refractivity contribution is -0.141. The Bertz CT molecular complexity index is 442. The summed E-state index contributed by atoms with van der Waals surface area (Å²) in [5.74, 6) is -0.865. The Morgan fingerprint density at radius 2 is 2.12 bits per heavy atom. The van der Waals surface area contributed by atoms with Gasteiger partial charge in [0.05, 0.1) is 5.92 Å². The first kappa shape index (κ1) is 9.70. The van der Waals surface area contributed by atoms with Crippen LogP contribution < -0.4 is 4.90 Å². The molecule has 3 nitrogen and oxygen atoms in total. The maximum atomic E-state index is 11.1. The van der Waals surface area contributed by atoms with Crippen molar-refractivity contribution in [3.8, 4) is 0 Å². The number of carbonyl (C=O) groups is 1. The van der Waals surface area contributed by atoms with Gasteiger partial charge in [-0.1, -0.05) is 18.2 Å². The van der Waals surface area contributed by atoms with Crippen molar-refractivity contribution in [2.24, 2.45) is 5.92 Å². The number of hydrogen-bond donors (Lipinski definition) is 1. The highest BCUT2D eigenvalue weighted by Gasteiger charge is 2.29. The largest absolute Gasteiger partial charge is 0.481 e. The molecular weight excluding hydrogens is 202 g/mol. The zero-order chi connectivity index (χ0) is 11.1. The van der Waals surface area contributed by atoms with Crippen LogP contribution in [0.1, 0.15) is 17.5 Å². The molecule has 84 valence electrons. The number of nitrogens with zero attached hydrogens (tertiary/aromatic N) is 1. The smallest absolute Gasteiger partial charge is 0.306 e. The Balaban J connectivity index is 2.03. The minimum absolute atomic E-state index is 0.211. The van der Waals surface area contributed by atoms with E-state index >= 15 is 0 Å². The highest BCUT2D eigenvalue weighted by Crippen LogP contribution is 2.36. The zero-order valence-corrected chi connectivity index (χ0v) is 9.15. The molecule has 1 N–H and O–H groups in total. The number of benzene rings is 1. The molecule has 0 fully saturated rings. The van der Waals surface area contributed by atoms with Crippen LogP contribution in [-0.4, -0.2) is 24.2 Å². The quantitative estimate of drug-likeness (QED) is 0.778. The predicted molar refractivity (Wildman–Crippen MR) is 61.8 cm³/mol. The van der Waals surface area contributed by atoms with E-state index in [0.717, 1.165) is 25.9 Å². The van der Waals surface area contributed by atoms with Crippen LogP contribution in [0.5, 0.6) is 0 Å². The molecule has 0 saturated carbocycles. The van der Waals surface area contributed by atoms with Crippen molar-refractivity contribution in [2.45, 2.75) is 19.3 Å². The van der Waals surface area contributed by atoms with Gasteiger partial charge in [0.25, 0.3) is 0 Å². The molecule has 1 aromatic rings. The summed E-state index contributed by atoms with van der Waals surface area (Å²) >= 11 is 0. The van der Waals surface area contributed by atoms with E-state index in [0.29, 0.717) is 6.42 Å². The van der Waals surface area contributed by atoms with Crippen LogP contribution in [0.25, 0.3) is 0 Å². The number of carboxylic acid groups (broad SMARTS) is 1. The van der Waals surface area contributed by atoms with E-state index in [1.807, 2.05) is 0 Å². The Kier molecular flexibility index (Phi) is 2.13. The first-order valence-corrected chi connectivity index (χ1v) is 5.84. The van der Waals surface area contributed by atoms with Crippen molar-refractivity contribution in [3.63, 3.8) is 0 Å². The van der Waals surface area contributed by atoms with Gasteiger partial charge in [0.15, 0.2) is 0 Å². The highest BCUT2D eigenvalue weighted by molar-refractivity contribution is 5.73. The molecule has 1 atom stereocenters. The van der Waals surface area contributed by atoms with Gasteiger partial charge in [-0.3, -0.25) is 4.79 Å². The number of carboxylic acids is 1. The van der Waals surface area contributed by atoms with Gasteiger partial charge in [-0.25, -0.2) is 0 Å². The molecule has 0 amide bonds. The normalized spacial score (nSPS) is 22.8. The van der Waals surface area contributed by atoms with Gasteiger partial charge in [-0.05, 0) is 30.4 Å². The molecule has 0 aromatic heterocycles. The highest BCUT2D eigenvalue weighted by atomic mass is 16.4. The van der Waals surface area contributed by atoms with E-state index < -0.39 is 5.97 Å². The predicted octanol–water partition coefficient (Wildman–Crippen LogP) is 1.70. The van der Waals surface area contributed by atoms with Crippen molar-refractivity contribution >= 4 is 11.7 Å². The van der Waals surface area contributed by atoms with Crippen molar-refractivity contribution in [3.05, 3.63) is 29.3 Å². The summed E-state index contributed by atoms with van der Waals surface area (Å²) in [5, 5.41) is 9.14. The Labute approximate surface area is 94.7 Å². The van der Waals surface area contributed by atoms with Crippen LogP contribution in [0.2, 0.25) is 0 Å². The zero-order valence-electron chi connectivity index (χ0n) is 9.15. The van der Waals surface area contributed by atoms with Gasteiger partial charge in [0.1, 0.15) is 0 Å². The third-order valence-corrected chi connectivity index (χ3v) is 3.73. The molecule has 0 radical (unpaired) electrons. The lowest BCUT2D eigenvalue weighted by atomic mass is 9.96. The monoisotopic (exact) mass is 217 g/mol. The first-order chi connectivity index (χ1) is 7.75. The van der Waals surface area contributed by atoms with Gasteiger partial charge in [0, 0.05) is 18.8 Å². The number of hydrogen-bond acceptors (Lipinski definition) is 2. The average Bonchev–Trinajstić information content (AvgIpc) is 2.57. The van der Waals surface area contributed by atoms with E-state index in [-0.39, 0.29) is 5.92 Å². The standard InChI is InChI=1S/C13H15NO2/c15-13(16)11-5-7-14-6-4-9-2-1-3-10(8-11)12(9)14/h1-3,11H,4-8H2,(H,15,16). The third-order valence-electron chi connectivity index (χ3n) is 3.73. The molecule has 0 saturated heterocycles. The number of para-hydroxylation sites is 1. The Morgan fingerprint density at radius 1 is 1.31 bits per heavy atom. The third kappa shape index (κ3) is 1.39. The summed E-state index contributed by atoms with van der Waals surface area (Å²) in [6, 6.07) is 6.31. The summed E-state index contributed by atoms with van der Waals surface area (Å²) in [5.41, 5.74) is 3.94. The second-order valence-corrected chi connectivity index (χ2v) is 4.69. The minimum atomic E-state index is -0.654. The van der Waals surface area contributed by atoms with Crippen LogP contribution in [-0.2, 0) is 17.6 Å². The fourth-order valence-corrected chi connectivity index (χ4v) is 2.90. The molecule has 0 spiro atoms. The summed E-state index contributed by atoms with van der Waals surface area (Å²) in [4.78, 5) is 13.5. The molecule has 2 aliphatic rings. The van der Waals surface area contributed by atoms with Crippen molar-refractivity contribution in [2.75, 3.05) is 18.0 Å². The summed E-state index contributed by atoms with van der Waals surface area (Å²) in [6.07, 6.45) is 2.57. The molecule has 1 aromatic carbocycles. The molecule has 3 heteroatoms. The summed E-state index contributed by atoms with van der Waals surface area (Å²) in [6.45, 7) is 1.94. The van der Waals surface area contributed by atoms with Gasteiger partial charge >= 0.3 is 5.97 Å². The lowest BCUT2D eigenvalue weighted by Crippen LogP contribution is -2.23. The van der Waals surface area contributed by atoms with Crippen LogP contribution in [0, 0.1) is 5.92 Å². The molecule has 1 unspecified atom stereocenters. The van der Waals surface area contributed by atoms with Crippen molar-refractivity contribution in [1.82, 2.24) is 0 Å². The second-order valence-electron chi connectivity index (χ2n) is 4.69. The molecule has 3 rings (SSSR count). The number of anilines is 1. The molecule has 0 bridgehead atoms. The lowest BCUT2D eigenvalue weighted by Gasteiger charge is -2.18. The van der Waals surface area contributed by atoms with Gasteiger partial charge in [0.2, 0.25) is 0 Å². The first-order valence-electron chi connectivity index (χ1n) is 5.84. The van der Waals surface area contributed by atoms with Crippen LogP contribution in [0.15, 0.2) is 18.2 Å². The molecule has 16 heavy (non-hydrogen) atoms. The Hall–Kier alpha value is -1.51. The second kappa shape index (κ2) is 3.51. The van der Waals surface area contributed by atoms with Crippen molar-refractivity contribution < 1.29 is 9.90 Å². The van der Waals surface area contributed by atoms with Crippen LogP contribution in [0.4, 0.5) is 5.69 Å². The van der Waals surface area contributed by atoms with E-state index in [2.05, 4.69) is 23.1 Å². The van der Waals surface area contributed by atoms with Gasteiger partial charge in [-0.2, -0.15) is 0 Å². The molecule has 2 aliphatic heterocycles. The topological polar surface area (TPSA) is 40.5 Å². The van der Waals surface area contributed by atoms with Gasteiger partial charge < -0.3 is 10.0 Å². The summed E-state index contributed by atoms with van der Waals surface area (Å²) in [7, 11) is 0. The molecule has 2 heterocycles. The molecule has 0 aliphatic carbocycles.